The number of hydrogen-bond acceptors (Lipinski definition) is 5. The molecule has 2 unspecified atom stereocenters. The van der Waals surface area contributed by atoms with E-state index < -0.39 is 0 Å². The van der Waals surface area contributed by atoms with E-state index in [0.717, 1.165) is 22.8 Å². The van der Waals surface area contributed by atoms with Crippen LogP contribution in [0.5, 0.6) is 11.5 Å². The summed E-state index contributed by atoms with van der Waals surface area (Å²) in [5, 5.41) is 3.99. The lowest BCUT2D eigenvalue weighted by Gasteiger charge is -2.31. The Bertz CT molecular complexity index is 386. The summed E-state index contributed by atoms with van der Waals surface area (Å²) >= 11 is 4.06. The highest BCUT2D eigenvalue weighted by Crippen LogP contribution is 2.41. The summed E-state index contributed by atoms with van der Waals surface area (Å²) in [7, 11) is 5.44. The molecule has 0 bridgehead atoms. The summed E-state index contributed by atoms with van der Waals surface area (Å²) in [6.45, 7) is 0. The molecule has 106 valence electrons. The molecule has 0 aliphatic carbocycles. The van der Waals surface area contributed by atoms with Gasteiger partial charge in [0.1, 0.15) is 11.5 Å². The second-order valence-electron chi connectivity index (χ2n) is 4.33. The molecule has 3 nitrogen and oxygen atoms in total. The molecule has 1 N–H and O–H groups in total. The molecule has 0 amide bonds. The van der Waals surface area contributed by atoms with Crippen LogP contribution in [0.25, 0.3) is 0 Å². The molecular weight excluding hydrogens is 278 g/mol. The van der Waals surface area contributed by atoms with Gasteiger partial charge in [-0.3, -0.25) is 0 Å². The molecular formula is C14H21NO2S2. The van der Waals surface area contributed by atoms with Gasteiger partial charge in [-0.1, -0.05) is 6.07 Å². The Balaban J connectivity index is 2.35. The molecule has 5 heteroatoms. The van der Waals surface area contributed by atoms with Gasteiger partial charge in [0, 0.05) is 22.5 Å². The Hall–Kier alpha value is -0.520. The lowest BCUT2D eigenvalue weighted by Crippen LogP contribution is -2.32. The average molecular weight is 299 g/mol. The van der Waals surface area contributed by atoms with E-state index in [9.17, 15) is 0 Å². The first-order valence-electron chi connectivity index (χ1n) is 6.39. The van der Waals surface area contributed by atoms with E-state index >= 15 is 0 Å². The van der Waals surface area contributed by atoms with Crippen molar-refractivity contribution >= 4 is 23.5 Å². The third-order valence-corrected chi connectivity index (χ3v) is 6.17. The van der Waals surface area contributed by atoms with Gasteiger partial charge in [0.25, 0.3) is 0 Å². The van der Waals surface area contributed by atoms with Crippen LogP contribution in [0.1, 0.15) is 11.6 Å². The summed E-state index contributed by atoms with van der Waals surface area (Å²) < 4.78 is 11.1. The maximum atomic E-state index is 5.53. The van der Waals surface area contributed by atoms with Crippen LogP contribution in [-0.4, -0.2) is 43.8 Å². The number of methoxy groups -OCH3 is 2. The number of benzene rings is 1. The molecule has 0 spiro atoms. The third-order valence-electron chi connectivity index (χ3n) is 3.30. The highest BCUT2D eigenvalue weighted by atomic mass is 32.2. The summed E-state index contributed by atoms with van der Waals surface area (Å²) in [6.07, 6.45) is 0. The number of hydrogen-bond donors (Lipinski definition) is 1. The van der Waals surface area contributed by atoms with Crippen LogP contribution in [0.3, 0.4) is 0 Å². The summed E-state index contributed by atoms with van der Waals surface area (Å²) in [5.41, 5.74) is 1.13. The topological polar surface area (TPSA) is 30.5 Å². The zero-order valence-corrected chi connectivity index (χ0v) is 13.3. The number of nitrogens with one attached hydrogen (secondary N) is 1. The molecule has 1 aromatic rings. The molecule has 2 atom stereocenters. The minimum absolute atomic E-state index is 0.254. The van der Waals surface area contributed by atoms with E-state index in [1.807, 2.05) is 48.8 Å². The summed E-state index contributed by atoms with van der Waals surface area (Å²) in [5.74, 6) is 5.42. The molecule has 0 aromatic heterocycles. The predicted molar refractivity (Wildman–Crippen MR) is 84.9 cm³/mol. The molecule has 1 aromatic carbocycles. The lowest BCUT2D eigenvalue weighted by molar-refractivity contribution is 0.373. The minimum atomic E-state index is 0.254. The van der Waals surface area contributed by atoms with Crippen molar-refractivity contribution in [1.29, 1.82) is 0 Å². The van der Waals surface area contributed by atoms with Gasteiger partial charge >= 0.3 is 0 Å². The number of thioether (sulfide) groups is 2. The number of rotatable bonds is 5. The van der Waals surface area contributed by atoms with Crippen molar-refractivity contribution in [2.24, 2.45) is 0 Å². The fourth-order valence-electron chi connectivity index (χ4n) is 2.40. The van der Waals surface area contributed by atoms with Gasteiger partial charge < -0.3 is 14.8 Å². The van der Waals surface area contributed by atoms with Gasteiger partial charge in [0.2, 0.25) is 0 Å². The van der Waals surface area contributed by atoms with E-state index in [-0.39, 0.29) is 6.04 Å². The second-order valence-corrected chi connectivity index (χ2v) is 6.82. The quantitative estimate of drug-likeness (QED) is 0.903. The predicted octanol–water partition coefficient (Wildman–Crippen LogP) is 2.81. The zero-order valence-electron chi connectivity index (χ0n) is 11.6. The maximum absolute atomic E-state index is 5.53. The van der Waals surface area contributed by atoms with Crippen LogP contribution in [0, 0.1) is 0 Å². The summed E-state index contributed by atoms with van der Waals surface area (Å²) in [6, 6.07) is 6.23. The van der Waals surface area contributed by atoms with Crippen LogP contribution >= 0.6 is 23.5 Å². The van der Waals surface area contributed by atoms with Gasteiger partial charge in [0.15, 0.2) is 0 Å². The normalized spacial score (nSPS) is 20.9. The van der Waals surface area contributed by atoms with Gasteiger partial charge in [-0.15, -0.1) is 0 Å². The molecule has 19 heavy (non-hydrogen) atoms. The third kappa shape index (κ3) is 3.33. The molecule has 0 radical (unpaired) electrons. The van der Waals surface area contributed by atoms with Gasteiger partial charge in [0.05, 0.1) is 25.8 Å². The van der Waals surface area contributed by atoms with Crippen molar-refractivity contribution in [3.8, 4) is 11.5 Å². The molecule has 1 heterocycles. The fraction of sp³-hybridized carbons (Fsp3) is 0.571. The van der Waals surface area contributed by atoms with E-state index in [1.165, 1.54) is 11.5 Å². The first-order chi connectivity index (χ1) is 9.31. The second kappa shape index (κ2) is 7.31. The average Bonchev–Trinajstić information content (AvgIpc) is 2.49. The molecule has 1 aliphatic heterocycles. The van der Waals surface area contributed by atoms with Crippen molar-refractivity contribution in [2.45, 2.75) is 11.3 Å². The van der Waals surface area contributed by atoms with E-state index in [1.54, 1.807) is 14.2 Å². The largest absolute Gasteiger partial charge is 0.496 e. The van der Waals surface area contributed by atoms with Gasteiger partial charge in [-0.2, -0.15) is 23.5 Å². The Labute approximate surface area is 123 Å². The van der Waals surface area contributed by atoms with Crippen molar-refractivity contribution in [1.82, 2.24) is 5.32 Å². The van der Waals surface area contributed by atoms with Gasteiger partial charge in [-0.25, -0.2) is 0 Å². The van der Waals surface area contributed by atoms with E-state index in [0.29, 0.717) is 5.25 Å². The Morgan fingerprint density at radius 3 is 2.37 bits per heavy atom. The summed E-state index contributed by atoms with van der Waals surface area (Å²) in [4.78, 5) is 0. The van der Waals surface area contributed by atoms with Crippen molar-refractivity contribution in [3.63, 3.8) is 0 Å². The fourth-order valence-corrected chi connectivity index (χ4v) is 5.29. The maximum Gasteiger partial charge on any atom is 0.127 e. The highest BCUT2D eigenvalue weighted by Gasteiger charge is 2.29. The monoisotopic (exact) mass is 299 g/mol. The van der Waals surface area contributed by atoms with E-state index in [4.69, 9.17) is 9.47 Å². The highest BCUT2D eigenvalue weighted by molar-refractivity contribution is 8.06. The van der Waals surface area contributed by atoms with Crippen LogP contribution < -0.4 is 14.8 Å². The Morgan fingerprint density at radius 1 is 1.21 bits per heavy atom. The molecule has 1 fully saturated rings. The Kier molecular flexibility index (Phi) is 5.73. The minimum Gasteiger partial charge on any atom is -0.496 e. The molecule has 0 saturated carbocycles. The van der Waals surface area contributed by atoms with Crippen LogP contribution in [0.2, 0.25) is 0 Å². The molecule has 1 aliphatic rings. The zero-order chi connectivity index (χ0) is 13.7. The van der Waals surface area contributed by atoms with Gasteiger partial charge in [-0.05, 0) is 19.2 Å². The lowest BCUT2D eigenvalue weighted by atomic mass is 10.0. The molecule has 1 saturated heterocycles. The first kappa shape index (κ1) is 14.9. The van der Waals surface area contributed by atoms with Crippen LogP contribution in [0.4, 0.5) is 0 Å². The van der Waals surface area contributed by atoms with E-state index in [2.05, 4.69) is 5.32 Å². The molecule has 2 rings (SSSR count). The van der Waals surface area contributed by atoms with Crippen molar-refractivity contribution < 1.29 is 9.47 Å². The standard InChI is InChI=1S/C14H21NO2S2/c1-15-14(12-9-18-7-8-19-12)13-10(16-2)5-4-6-11(13)17-3/h4-6,12,14-15H,7-9H2,1-3H3. The van der Waals surface area contributed by atoms with Crippen molar-refractivity contribution in [3.05, 3.63) is 23.8 Å². The number of ether oxygens (including phenoxy) is 2. The van der Waals surface area contributed by atoms with Crippen LogP contribution in [0.15, 0.2) is 18.2 Å². The van der Waals surface area contributed by atoms with Crippen LogP contribution in [-0.2, 0) is 0 Å². The van der Waals surface area contributed by atoms with Crippen molar-refractivity contribution in [2.75, 3.05) is 38.5 Å². The smallest absolute Gasteiger partial charge is 0.127 e. The Morgan fingerprint density at radius 2 is 1.89 bits per heavy atom. The first-order valence-corrected chi connectivity index (χ1v) is 8.59. The SMILES string of the molecule is CNC(c1c(OC)cccc1OC)C1CSCCS1.